The van der Waals surface area contributed by atoms with E-state index in [0.29, 0.717) is 0 Å². The van der Waals surface area contributed by atoms with Gasteiger partial charge in [-0.05, 0) is 42.9 Å². The van der Waals surface area contributed by atoms with Crippen LogP contribution in [-0.2, 0) is 20.1 Å². The Morgan fingerprint density at radius 2 is 1.60 bits per heavy atom. The van der Waals surface area contributed by atoms with Crippen LogP contribution in [0.1, 0.15) is 25.5 Å². The minimum Gasteiger partial charge on any atom is -0.501 e. The van der Waals surface area contributed by atoms with E-state index in [9.17, 15) is 0 Å². The largest absolute Gasteiger partial charge is 0.501 e. The summed E-state index contributed by atoms with van der Waals surface area (Å²) >= 11 is 0. The van der Waals surface area contributed by atoms with Crippen LogP contribution in [0.3, 0.4) is 0 Å². The average Bonchev–Trinajstić information content (AvgIpc) is 3.56. The van der Waals surface area contributed by atoms with Crippen molar-refractivity contribution >= 4 is 46.2 Å². The second kappa shape index (κ2) is 12.4. The van der Waals surface area contributed by atoms with Crippen molar-refractivity contribution in [2.75, 3.05) is 0 Å². The molecule has 0 spiro atoms. The van der Waals surface area contributed by atoms with E-state index in [1.54, 1.807) is 0 Å². The Balaban J connectivity index is 0.000000180. The molecule has 3 aromatic heterocycles. The number of rotatable bonds is 4. The molecule has 0 bridgehead atoms. The molecular weight excluding hydrogens is 723 g/mol. The first-order chi connectivity index (χ1) is 20.2. The second-order valence-electron chi connectivity index (χ2n) is 12.0. The molecule has 1 radical (unpaired) electrons. The van der Waals surface area contributed by atoms with Crippen molar-refractivity contribution in [2.45, 2.75) is 46.5 Å². The summed E-state index contributed by atoms with van der Waals surface area (Å²) in [4.78, 5) is 9.44. The molecule has 43 heavy (non-hydrogen) atoms. The zero-order valence-corrected chi connectivity index (χ0v) is 28.8. The van der Waals surface area contributed by atoms with Gasteiger partial charge in [0.2, 0.25) is 0 Å². The zero-order chi connectivity index (χ0) is 29.4. The summed E-state index contributed by atoms with van der Waals surface area (Å²) in [6, 6.07) is 37.8. The number of hydrogen-bond acceptors (Lipinski definition) is 3. The van der Waals surface area contributed by atoms with Gasteiger partial charge in [0, 0.05) is 37.7 Å². The maximum atomic E-state index is 6.18. The quantitative estimate of drug-likeness (QED) is 0.133. The first-order valence-corrected chi connectivity index (χ1v) is 18.0. The first-order valence-electron chi connectivity index (χ1n) is 14.5. The molecule has 0 N–H and O–H groups in total. The Kier molecular flexibility index (Phi) is 8.84. The van der Waals surface area contributed by atoms with Crippen LogP contribution >= 0.6 is 0 Å². The molecule has 0 amide bonds. The summed E-state index contributed by atoms with van der Waals surface area (Å²) in [5.41, 5.74) is 8.09. The number of benzene rings is 4. The smallest absolute Gasteiger partial charge is 0.120 e. The van der Waals surface area contributed by atoms with Gasteiger partial charge in [0.25, 0.3) is 0 Å². The molecule has 0 fully saturated rings. The van der Waals surface area contributed by atoms with Crippen LogP contribution in [0, 0.1) is 19.1 Å². The number of aromatic nitrogens is 3. The van der Waals surface area contributed by atoms with E-state index in [4.69, 9.17) is 9.40 Å². The van der Waals surface area contributed by atoms with Gasteiger partial charge < -0.3 is 14.0 Å². The maximum absolute atomic E-state index is 6.18. The summed E-state index contributed by atoms with van der Waals surface area (Å²) in [5.74, 6) is 0.904. The van der Waals surface area contributed by atoms with Crippen LogP contribution in [0.2, 0.25) is 19.6 Å². The number of para-hydroxylation sites is 3. The fourth-order valence-electron chi connectivity index (χ4n) is 5.26. The molecule has 4 aromatic carbocycles. The third-order valence-electron chi connectivity index (χ3n) is 7.55. The zero-order valence-electron chi connectivity index (χ0n) is 25.4. The SMILES string of the molecule is CC(C)n1c(-c2[c-]ccc3c2oc2ccccc23)nc2ccccc21.Cc1c[c-]c(-c2ccc([Si](C)(C)C)cn2)cc1.[Ir]. The Morgan fingerprint density at radius 3 is 2.30 bits per heavy atom. The second-order valence-corrected chi connectivity index (χ2v) is 17.1. The molecule has 3 heterocycles. The molecule has 0 atom stereocenters. The molecule has 4 nitrogen and oxygen atoms in total. The summed E-state index contributed by atoms with van der Waals surface area (Å²) in [6.45, 7) is 13.4. The van der Waals surface area contributed by atoms with E-state index in [0.717, 1.165) is 55.6 Å². The van der Waals surface area contributed by atoms with Crippen LogP contribution in [0.4, 0.5) is 0 Å². The number of imidazole rings is 1. The van der Waals surface area contributed by atoms with Crippen molar-refractivity contribution in [3.63, 3.8) is 0 Å². The van der Waals surface area contributed by atoms with Gasteiger partial charge in [0.05, 0.1) is 30.5 Å². The van der Waals surface area contributed by atoms with E-state index in [-0.39, 0.29) is 26.1 Å². The number of pyridine rings is 1. The summed E-state index contributed by atoms with van der Waals surface area (Å²) < 4.78 is 8.44. The van der Waals surface area contributed by atoms with Crippen molar-refractivity contribution in [2.24, 2.45) is 0 Å². The van der Waals surface area contributed by atoms with Gasteiger partial charge in [0.1, 0.15) is 5.58 Å². The van der Waals surface area contributed by atoms with Crippen LogP contribution in [-0.4, -0.2) is 22.6 Å². The number of aryl methyl sites for hydroxylation is 1. The van der Waals surface area contributed by atoms with Gasteiger partial charge in [0.15, 0.2) is 0 Å². The van der Waals surface area contributed by atoms with Gasteiger partial charge in [-0.15, -0.1) is 53.6 Å². The average molecular weight is 758 g/mol. The van der Waals surface area contributed by atoms with E-state index in [1.807, 2.05) is 42.6 Å². The Labute approximate surface area is 268 Å². The van der Waals surface area contributed by atoms with Crippen molar-refractivity contribution in [3.8, 4) is 22.6 Å². The number of nitrogens with zero attached hydrogens (tertiary/aromatic N) is 3. The van der Waals surface area contributed by atoms with Gasteiger partial charge in [-0.2, -0.15) is 0 Å². The van der Waals surface area contributed by atoms with E-state index >= 15 is 0 Å². The molecule has 0 aliphatic rings. The molecule has 219 valence electrons. The molecular formula is C37H35IrN3OSi-2. The van der Waals surface area contributed by atoms with Crippen LogP contribution in [0.5, 0.6) is 0 Å². The van der Waals surface area contributed by atoms with E-state index in [2.05, 4.69) is 117 Å². The minimum absolute atomic E-state index is 0. The van der Waals surface area contributed by atoms with Gasteiger partial charge in [-0.3, -0.25) is 4.98 Å². The molecule has 0 saturated heterocycles. The Bertz CT molecular complexity index is 2000. The fourth-order valence-corrected chi connectivity index (χ4v) is 6.29. The monoisotopic (exact) mass is 758 g/mol. The number of hydrogen-bond donors (Lipinski definition) is 0. The van der Waals surface area contributed by atoms with E-state index in [1.165, 1.54) is 10.8 Å². The predicted octanol–water partition coefficient (Wildman–Crippen LogP) is 9.38. The van der Waals surface area contributed by atoms with Crippen molar-refractivity contribution in [1.82, 2.24) is 14.5 Å². The molecule has 0 aliphatic carbocycles. The molecule has 7 rings (SSSR count). The molecule has 0 unspecified atom stereocenters. The van der Waals surface area contributed by atoms with Gasteiger partial charge in [-0.1, -0.05) is 80.0 Å². The topological polar surface area (TPSA) is 43.9 Å². The summed E-state index contributed by atoms with van der Waals surface area (Å²) in [5, 5.41) is 3.63. The third kappa shape index (κ3) is 6.14. The number of fused-ring (bicyclic) bond motifs is 4. The van der Waals surface area contributed by atoms with Crippen LogP contribution in [0.25, 0.3) is 55.6 Å². The Hall–Kier alpha value is -3.83. The van der Waals surface area contributed by atoms with E-state index < -0.39 is 8.07 Å². The standard InChI is InChI=1S/C22H17N2O.C15H18NSi.Ir/c1-14(2)24-19-12-5-4-11-18(19)23-22(24)17-10-7-9-16-15-8-3-6-13-20(15)25-21(16)17;1-12-5-7-13(8-6-12)15-10-9-14(11-16-15)17(2,3)4;/h3-9,11-14H,1-2H3;5-7,9-11H,1-4H3;/q2*-1;. The fraction of sp³-hybridized carbons (Fsp3) is 0.189. The van der Waals surface area contributed by atoms with Crippen LogP contribution < -0.4 is 5.19 Å². The molecule has 7 aromatic rings. The van der Waals surface area contributed by atoms with Crippen LogP contribution in [0.15, 0.2) is 102 Å². The van der Waals surface area contributed by atoms with Crippen molar-refractivity contribution in [1.29, 1.82) is 0 Å². The Morgan fingerprint density at radius 1 is 0.837 bits per heavy atom. The number of furan rings is 1. The normalized spacial score (nSPS) is 11.5. The maximum Gasteiger partial charge on any atom is 0.120 e. The summed E-state index contributed by atoms with van der Waals surface area (Å²) in [7, 11) is -1.24. The third-order valence-corrected chi connectivity index (χ3v) is 9.58. The van der Waals surface area contributed by atoms with Gasteiger partial charge in [-0.25, -0.2) is 0 Å². The minimum atomic E-state index is -1.24. The van der Waals surface area contributed by atoms with Crippen molar-refractivity contribution in [3.05, 3.63) is 115 Å². The molecule has 0 saturated carbocycles. The van der Waals surface area contributed by atoms with Crippen molar-refractivity contribution < 1.29 is 24.5 Å². The first kappa shape index (κ1) is 30.6. The molecule has 0 aliphatic heterocycles. The predicted molar refractivity (Wildman–Crippen MR) is 178 cm³/mol. The summed E-state index contributed by atoms with van der Waals surface area (Å²) in [6.07, 6.45) is 2.02. The van der Waals surface area contributed by atoms with Gasteiger partial charge >= 0.3 is 0 Å². The molecule has 6 heteroatoms.